The second-order valence-electron chi connectivity index (χ2n) is 6.78. The van der Waals surface area contributed by atoms with E-state index >= 15 is 0 Å². The lowest BCUT2D eigenvalue weighted by Crippen LogP contribution is -2.50. The van der Waals surface area contributed by atoms with E-state index in [1.165, 1.54) is 5.56 Å². The first-order valence-electron chi connectivity index (χ1n) is 8.45. The van der Waals surface area contributed by atoms with E-state index in [1.807, 2.05) is 6.92 Å². The van der Waals surface area contributed by atoms with Gasteiger partial charge in [0.15, 0.2) is 0 Å². The zero-order chi connectivity index (χ0) is 17.3. The molecule has 128 valence electrons. The van der Waals surface area contributed by atoms with Crippen LogP contribution in [0.25, 0.3) is 11.3 Å². The zero-order valence-electron chi connectivity index (χ0n) is 14.4. The normalized spacial score (nSPS) is 24.9. The third-order valence-corrected chi connectivity index (χ3v) is 5.93. The van der Waals surface area contributed by atoms with Gasteiger partial charge in [-0.3, -0.25) is 9.69 Å². The van der Waals surface area contributed by atoms with Crippen LogP contribution in [0.4, 0.5) is 0 Å². The molecule has 0 bridgehead atoms. The number of carbonyl (C=O) groups is 1. The van der Waals surface area contributed by atoms with Crippen LogP contribution in [0.15, 0.2) is 29.6 Å². The third kappa shape index (κ3) is 3.52. The fourth-order valence-corrected chi connectivity index (χ4v) is 4.30. The van der Waals surface area contributed by atoms with Gasteiger partial charge >= 0.3 is 5.97 Å². The Balaban J connectivity index is 1.75. The largest absolute Gasteiger partial charge is 0.481 e. The SMILES string of the molecule is Cc1ccc(-c2csc(CN3C(C)CCC(C(=O)O)C3C)n2)cc1. The molecule has 1 saturated heterocycles. The van der Waals surface area contributed by atoms with Crippen LogP contribution in [0.1, 0.15) is 37.3 Å². The van der Waals surface area contributed by atoms with Crippen LogP contribution in [0.5, 0.6) is 0 Å². The molecule has 0 spiro atoms. The van der Waals surface area contributed by atoms with Gasteiger partial charge in [-0.25, -0.2) is 4.98 Å². The quantitative estimate of drug-likeness (QED) is 0.903. The van der Waals surface area contributed by atoms with E-state index in [-0.39, 0.29) is 12.0 Å². The molecule has 1 aromatic heterocycles. The number of likely N-dealkylation sites (tertiary alicyclic amines) is 1. The minimum atomic E-state index is -0.682. The molecule has 0 radical (unpaired) electrons. The van der Waals surface area contributed by atoms with Gasteiger partial charge in [-0.05, 0) is 33.6 Å². The molecule has 3 unspecified atom stereocenters. The van der Waals surface area contributed by atoms with Crippen molar-refractivity contribution >= 4 is 17.3 Å². The van der Waals surface area contributed by atoms with E-state index in [1.54, 1.807) is 11.3 Å². The van der Waals surface area contributed by atoms with Crippen LogP contribution < -0.4 is 0 Å². The number of hydrogen-bond donors (Lipinski definition) is 1. The minimum Gasteiger partial charge on any atom is -0.481 e. The first-order valence-corrected chi connectivity index (χ1v) is 9.33. The number of rotatable bonds is 4. The van der Waals surface area contributed by atoms with Crippen molar-refractivity contribution < 1.29 is 9.90 Å². The Labute approximate surface area is 147 Å². The molecule has 0 aliphatic carbocycles. The maximum Gasteiger partial charge on any atom is 0.308 e. The Hall–Kier alpha value is -1.72. The predicted octanol–water partition coefficient (Wildman–Crippen LogP) is 4.19. The maximum atomic E-state index is 11.4. The lowest BCUT2D eigenvalue weighted by molar-refractivity contribution is -0.146. The molecule has 5 heteroatoms. The summed E-state index contributed by atoms with van der Waals surface area (Å²) in [6.07, 6.45) is 1.69. The number of nitrogens with zero attached hydrogens (tertiary/aromatic N) is 2. The summed E-state index contributed by atoms with van der Waals surface area (Å²) < 4.78 is 0. The average Bonchev–Trinajstić information content (AvgIpc) is 3.00. The standard InChI is InChI=1S/C19H24N2O2S/c1-12-4-7-15(8-5-12)17-11-24-18(20-17)10-21-13(2)6-9-16(14(21)3)19(22)23/h4-5,7-8,11,13-14,16H,6,9-10H2,1-3H3,(H,22,23). The highest BCUT2D eigenvalue weighted by molar-refractivity contribution is 7.09. The Bertz CT molecular complexity index is 710. The summed E-state index contributed by atoms with van der Waals surface area (Å²) in [5, 5.41) is 12.6. The number of piperidine rings is 1. The van der Waals surface area contributed by atoms with Crippen molar-refractivity contribution in [1.82, 2.24) is 9.88 Å². The summed E-state index contributed by atoms with van der Waals surface area (Å²) >= 11 is 1.66. The van der Waals surface area contributed by atoms with Crippen molar-refractivity contribution in [2.24, 2.45) is 5.92 Å². The molecular weight excluding hydrogens is 320 g/mol. The van der Waals surface area contributed by atoms with Gasteiger partial charge in [-0.1, -0.05) is 29.8 Å². The molecular formula is C19H24N2O2S. The van der Waals surface area contributed by atoms with Crippen LogP contribution in [-0.2, 0) is 11.3 Å². The number of carboxylic acid groups (broad SMARTS) is 1. The molecule has 1 fully saturated rings. The smallest absolute Gasteiger partial charge is 0.308 e. The summed E-state index contributed by atoms with van der Waals surface area (Å²) in [4.78, 5) is 18.5. The average molecular weight is 344 g/mol. The maximum absolute atomic E-state index is 11.4. The summed E-state index contributed by atoms with van der Waals surface area (Å²) in [5.41, 5.74) is 3.37. The highest BCUT2D eigenvalue weighted by Gasteiger charge is 2.36. The number of aliphatic carboxylic acids is 1. The molecule has 1 aliphatic rings. The first-order chi connectivity index (χ1) is 11.5. The van der Waals surface area contributed by atoms with Gasteiger partial charge in [0.25, 0.3) is 0 Å². The van der Waals surface area contributed by atoms with Crippen molar-refractivity contribution in [2.45, 2.75) is 52.2 Å². The monoisotopic (exact) mass is 344 g/mol. The first kappa shape index (κ1) is 17.1. The molecule has 4 nitrogen and oxygen atoms in total. The Kier molecular flexibility index (Phi) is 5.01. The van der Waals surface area contributed by atoms with Crippen molar-refractivity contribution in [3.05, 3.63) is 40.2 Å². The van der Waals surface area contributed by atoms with E-state index < -0.39 is 5.97 Å². The fourth-order valence-electron chi connectivity index (χ4n) is 3.49. The van der Waals surface area contributed by atoms with Gasteiger partial charge < -0.3 is 5.11 Å². The van der Waals surface area contributed by atoms with E-state index in [9.17, 15) is 9.90 Å². The molecule has 3 rings (SSSR count). The second kappa shape index (κ2) is 7.03. The van der Waals surface area contributed by atoms with Crippen LogP contribution in [0, 0.1) is 12.8 Å². The van der Waals surface area contributed by atoms with Crippen LogP contribution in [0.2, 0.25) is 0 Å². The molecule has 1 N–H and O–H groups in total. The number of aryl methyl sites for hydroxylation is 1. The van der Waals surface area contributed by atoms with Gasteiger partial charge in [0.2, 0.25) is 0 Å². The van der Waals surface area contributed by atoms with Gasteiger partial charge in [0, 0.05) is 23.0 Å². The molecule has 1 aliphatic heterocycles. The van der Waals surface area contributed by atoms with Gasteiger partial charge in [0.05, 0.1) is 18.2 Å². The van der Waals surface area contributed by atoms with E-state index in [0.29, 0.717) is 6.04 Å². The van der Waals surface area contributed by atoms with E-state index in [0.717, 1.165) is 35.7 Å². The minimum absolute atomic E-state index is 0.0398. The fraction of sp³-hybridized carbons (Fsp3) is 0.474. The molecule has 2 aromatic rings. The summed E-state index contributed by atoms with van der Waals surface area (Å²) in [7, 11) is 0. The summed E-state index contributed by atoms with van der Waals surface area (Å²) in [6.45, 7) is 7.02. The topological polar surface area (TPSA) is 53.4 Å². The Morgan fingerprint density at radius 3 is 2.67 bits per heavy atom. The molecule has 3 atom stereocenters. The van der Waals surface area contributed by atoms with Gasteiger partial charge in [-0.15, -0.1) is 11.3 Å². The summed E-state index contributed by atoms with van der Waals surface area (Å²) in [6, 6.07) is 8.82. The van der Waals surface area contributed by atoms with Crippen LogP contribution >= 0.6 is 11.3 Å². The Morgan fingerprint density at radius 1 is 1.29 bits per heavy atom. The molecule has 0 saturated carbocycles. The molecule has 24 heavy (non-hydrogen) atoms. The highest BCUT2D eigenvalue weighted by Crippen LogP contribution is 2.31. The number of aromatic nitrogens is 1. The number of benzene rings is 1. The third-order valence-electron chi connectivity index (χ3n) is 5.10. The number of thiazole rings is 1. The van der Waals surface area contributed by atoms with E-state index in [4.69, 9.17) is 4.98 Å². The predicted molar refractivity (Wildman–Crippen MR) is 97.1 cm³/mol. The van der Waals surface area contributed by atoms with Crippen LogP contribution in [-0.4, -0.2) is 33.0 Å². The van der Waals surface area contributed by atoms with Crippen molar-refractivity contribution in [3.8, 4) is 11.3 Å². The second-order valence-corrected chi connectivity index (χ2v) is 7.72. The molecule has 1 aromatic carbocycles. The lowest BCUT2D eigenvalue weighted by atomic mass is 9.87. The lowest BCUT2D eigenvalue weighted by Gasteiger charge is -2.41. The number of carboxylic acids is 1. The van der Waals surface area contributed by atoms with Gasteiger partial charge in [0.1, 0.15) is 5.01 Å². The molecule has 0 amide bonds. The van der Waals surface area contributed by atoms with Crippen LogP contribution in [0.3, 0.4) is 0 Å². The van der Waals surface area contributed by atoms with E-state index in [2.05, 4.69) is 48.4 Å². The van der Waals surface area contributed by atoms with Crippen molar-refractivity contribution in [3.63, 3.8) is 0 Å². The highest BCUT2D eigenvalue weighted by atomic mass is 32.1. The van der Waals surface area contributed by atoms with Crippen molar-refractivity contribution in [2.75, 3.05) is 0 Å². The van der Waals surface area contributed by atoms with Gasteiger partial charge in [-0.2, -0.15) is 0 Å². The molecule has 2 heterocycles. The Morgan fingerprint density at radius 2 is 2.00 bits per heavy atom. The van der Waals surface area contributed by atoms with Crippen molar-refractivity contribution in [1.29, 1.82) is 0 Å². The summed E-state index contributed by atoms with van der Waals surface area (Å²) in [5.74, 6) is -0.961. The number of hydrogen-bond acceptors (Lipinski definition) is 4. The zero-order valence-corrected chi connectivity index (χ0v) is 15.2.